The number of hydrogen-bond acceptors (Lipinski definition) is 3. The SMILES string of the molecule is Cc1ccc(C)c(C(=O)C[C@]2(O)C(=O)Nc3ccc(Cl)cc32)c1. The number of nitrogens with one attached hydrogen (secondary N) is 1. The Kier molecular flexibility index (Phi) is 3.74. The Labute approximate surface area is 139 Å². The Morgan fingerprint density at radius 2 is 1.96 bits per heavy atom. The van der Waals surface area contributed by atoms with Crippen LogP contribution in [0.3, 0.4) is 0 Å². The molecular weight excluding hydrogens is 314 g/mol. The number of amides is 1. The molecule has 1 aliphatic rings. The molecule has 23 heavy (non-hydrogen) atoms. The van der Waals surface area contributed by atoms with Crippen LogP contribution in [-0.2, 0) is 10.4 Å². The summed E-state index contributed by atoms with van der Waals surface area (Å²) in [6.07, 6.45) is -0.323. The molecule has 1 atom stereocenters. The number of ketones is 1. The summed E-state index contributed by atoms with van der Waals surface area (Å²) in [6.45, 7) is 3.72. The van der Waals surface area contributed by atoms with Crippen LogP contribution in [0.4, 0.5) is 5.69 Å². The van der Waals surface area contributed by atoms with Gasteiger partial charge in [-0.25, -0.2) is 0 Å². The summed E-state index contributed by atoms with van der Waals surface area (Å²) in [6, 6.07) is 10.3. The van der Waals surface area contributed by atoms with Crippen LogP contribution in [-0.4, -0.2) is 16.8 Å². The third-order valence-corrected chi connectivity index (χ3v) is 4.40. The zero-order valence-corrected chi connectivity index (χ0v) is 13.6. The number of rotatable bonds is 3. The molecule has 0 aliphatic carbocycles. The van der Waals surface area contributed by atoms with Crippen LogP contribution in [0.5, 0.6) is 0 Å². The number of hydrogen-bond donors (Lipinski definition) is 2. The molecule has 2 aromatic rings. The fourth-order valence-corrected chi connectivity index (χ4v) is 3.03. The first-order valence-electron chi connectivity index (χ1n) is 7.25. The molecule has 0 spiro atoms. The number of aryl methyl sites for hydroxylation is 2. The second kappa shape index (κ2) is 5.48. The van der Waals surface area contributed by atoms with E-state index in [4.69, 9.17) is 11.6 Å². The number of benzene rings is 2. The van der Waals surface area contributed by atoms with Gasteiger partial charge in [-0.3, -0.25) is 9.59 Å². The largest absolute Gasteiger partial charge is 0.375 e. The molecule has 2 N–H and O–H groups in total. The second-order valence-corrected chi connectivity index (χ2v) is 6.36. The van der Waals surface area contributed by atoms with Crippen molar-refractivity contribution in [2.75, 3.05) is 5.32 Å². The van der Waals surface area contributed by atoms with E-state index in [9.17, 15) is 14.7 Å². The van der Waals surface area contributed by atoms with E-state index < -0.39 is 11.5 Å². The average molecular weight is 330 g/mol. The summed E-state index contributed by atoms with van der Waals surface area (Å²) in [5.74, 6) is -0.884. The first-order chi connectivity index (χ1) is 10.8. The maximum absolute atomic E-state index is 12.6. The van der Waals surface area contributed by atoms with Gasteiger partial charge < -0.3 is 10.4 Å². The fourth-order valence-electron chi connectivity index (χ4n) is 2.86. The molecule has 0 radical (unpaired) electrons. The van der Waals surface area contributed by atoms with E-state index in [0.29, 0.717) is 21.8 Å². The standard InChI is InChI=1S/C18H16ClNO3/c1-10-3-4-11(2)13(7-10)16(21)9-18(23)14-8-12(19)5-6-15(14)20-17(18)22/h3-8,23H,9H2,1-2H3,(H,20,22)/t18-/m1/s1. The van der Waals surface area contributed by atoms with Crippen LogP contribution in [0.1, 0.15) is 33.5 Å². The minimum Gasteiger partial charge on any atom is -0.375 e. The zero-order chi connectivity index (χ0) is 16.8. The molecule has 0 aromatic heterocycles. The molecule has 0 bridgehead atoms. The highest BCUT2D eigenvalue weighted by molar-refractivity contribution is 6.31. The van der Waals surface area contributed by atoms with Crippen molar-refractivity contribution in [2.24, 2.45) is 0 Å². The Morgan fingerprint density at radius 1 is 1.22 bits per heavy atom. The highest BCUT2D eigenvalue weighted by Crippen LogP contribution is 2.40. The van der Waals surface area contributed by atoms with E-state index in [1.807, 2.05) is 26.0 Å². The average Bonchev–Trinajstić information content (AvgIpc) is 2.73. The van der Waals surface area contributed by atoms with E-state index >= 15 is 0 Å². The summed E-state index contributed by atoms with van der Waals surface area (Å²) < 4.78 is 0. The smallest absolute Gasteiger partial charge is 0.261 e. The third-order valence-electron chi connectivity index (χ3n) is 4.16. The lowest BCUT2D eigenvalue weighted by atomic mass is 9.87. The van der Waals surface area contributed by atoms with Gasteiger partial charge in [0.05, 0.1) is 6.42 Å². The summed E-state index contributed by atoms with van der Waals surface area (Å²) in [7, 11) is 0. The van der Waals surface area contributed by atoms with Gasteiger partial charge in [0.1, 0.15) is 0 Å². The van der Waals surface area contributed by atoms with Crippen LogP contribution in [0.2, 0.25) is 5.02 Å². The maximum Gasteiger partial charge on any atom is 0.261 e. The Balaban J connectivity index is 1.99. The van der Waals surface area contributed by atoms with Gasteiger partial charge >= 0.3 is 0 Å². The molecular formula is C18H16ClNO3. The van der Waals surface area contributed by atoms with Crippen molar-refractivity contribution in [3.8, 4) is 0 Å². The number of halogens is 1. The molecule has 4 nitrogen and oxygen atoms in total. The van der Waals surface area contributed by atoms with Crippen LogP contribution in [0.25, 0.3) is 0 Å². The van der Waals surface area contributed by atoms with E-state index in [0.717, 1.165) is 11.1 Å². The van der Waals surface area contributed by atoms with Gasteiger partial charge in [-0.05, 0) is 43.7 Å². The Morgan fingerprint density at radius 3 is 2.70 bits per heavy atom. The molecule has 0 fully saturated rings. The molecule has 1 aliphatic heterocycles. The quantitative estimate of drug-likeness (QED) is 0.848. The maximum atomic E-state index is 12.6. The van der Waals surface area contributed by atoms with Crippen molar-refractivity contribution in [3.05, 3.63) is 63.7 Å². The zero-order valence-electron chi connectivity index (χ0n) is 12.8. The number of aliphatic hydroxyl groups is 1. The molecule has 118 valence electrons. The van der Waals surface area contributed by atoms with E-state index in [2.05, 4.69) is 5.32 Å². The lowest BCUT2D eigenvalue weighted by Crippen LogP contribution is -2.36. The molecule has 0 unspecified atom stereocenters. The molecule has 0 saturated heterocycles. The minimum atomic E-state index is -1.90. The van der Waals surface area contributed by atoms with Gasteiger partial charge in [0.2, 0.25) is 0 Å². The van der Waals surface area contributed by atoms with Gasteiger partial charge in [-0.1, -0.05) is 29.3 Å². The summed E-state index contributed by atoms with van der Waals surface area (Å²) in [5, 5.41) is 13.8. The lowest BCUT2D eigenvalue weighted by Gasteiger charge is -2.20. The monoisotopic (exact) mass is 329 g/mol. The predicted molar refractivity (Wildman–Crippen MR) is 88.8 cm³/mol. The minimum absolute atomic E-state index is 0.281. The predicted octanol–water partition coefficient (Wildman–Crippen LogP) is 3.37. The van der Waals surface area contributed by atoms with Crippen LogP contribution in [0, 0.1) is 13.8 Å². The lowest BCUT2D eigenvalue weighted by molar-refractivity contribution is -0.133. The molecule has 2 aromatic carbocycles. The number of carbonyl (C=O) groups is 2. The van der Waals surface area contributed by atoms with Crippen molar-refractivity contribution >= 4 is 29.0 Å². The van der Waals surface area contributed by atoms with Crippen molar-refractivity contribution in [2.45, 2.75) is 25.9 Å². The highest BCUT2D eigenvalue weighted by atomic mass is 35.5. The summed E-state index contributed by atoms with van der Waals surface area (Å²) in [5.41, 5.74) is 1.21. The number of fused-ring (bicyclic) bond motifs is 1. The Hall–Kier alpha value is -2.17. The van der Waals surface area contributed by atoms with Gasteiger partial charge in [0.25, 0.3) is 5.91 Å². The third kappa shape index (κ3) is 2.64. The van der Waals surface area contributed by atoms with Crippen molar-refractivity contribution in [1.82, 2.24) is 0 Å². The fraction of sp³-hybridized carbons (Fsp3) is 0.222. The number of anilines is 1. The first-order valence-corrected chi connectivity index (χ1v) is 7.63. The van der Waals surface area contributed by atoms with Gasteiger partial charge in [0.15, 0.2) is 11.4 Å². The van der Waals surface area contributed by atoms with E-state index in [1.54, 1.807) is 18.2 Å². The second-order valence-electron chi connectivity index (χ2n) is 5.92. The van der Waals surface area contributed by atoms with Crippen molar-refractivity contribution in [3.63, 3.8) is 0 Å². The summed E-state index contributed by atoms with van der Waals surface area (Å²) >= 11 is 5.96. The van der Waals surface area contributed by atoms with Crippen molar-refractivity contribution in [1.29, 1.82) is 0 Å². The number of Topliss-reactive ketones (excluding diaryl/α,β-unsaturated/α-hetero) is 1. The highest BCUT2D eigenvalue weighted by Gasteiger charge is 2.47. The first kappa shape index (κ1) is 15.7. The summed E-state index contributed by atoms with van der Waals surface area (Å²) in [4.78, 5) is 24.9. The number of carbonyl (C=O) groups excluding carboxylic acids is 2. The van der Waals surface area contributed by atoms with Gasteiger partial charge in [0, 0.05) is 21.8 Å². The van der Waals surface area contributed by atoms with Crippen molar-refractivity contribution < 1.29 is 14.7 Å². The van der Waals surface area contributed by atoms with Crippen LogP contribution in [0.15, 0.2) is 36.4 Å². The van der Waals surface area contributed by atoms with Crippen LogP contribution < -0.4 is 5.32 Å². The van der Waals surface area contributed by atoms with E-state index in [1.165, 1.54) is 6.07 Å². The molecule has 1 heterocycles. The molecule has 0 saturated carbocycles. The topological polar surface area (TPSA) is 66.4 Å². The molecule has 3 rings (SSSR count). The van der Waals surface area contributed by atoms with E-state index in [-0.39, 0.29) is 12.2 Å². The molecule has 1 amide bonds. The van der Waals surface area contributed by atoms with Crippen LogP contribution >= 0.6 is 11.6 Å². The normalized spacial score (nSPS) is 19.4. The Bertz CT molecular complexity index is 831. The van der Waals surface area contributed by atoms with Gasteiger partial charge in [-0.2, -0.15) is 0 Å². The van der Waals surface area contributed by atoms with Gasteiger partial charge in [-0.15, -0.1) is 0 Å². The molecule has 5 heteroatoms.